The maximum Gasteiger partial charge on any atom is 0.247 e. The highest BCUT2D eigenvalue weighted by atomic mass is 19.2. The van der Waals surface area contributed by atoms with Gasteiger partial charge in [0.05, 0.1) is 36.1 Å². The Bertz CT molecular complexity index is 1500. The number of rotatable bonds is 9. The maximum atomic E-state index is 15.1. The second-order valence-electron chi connectivity index (χ2n) is 8.98. The lowest BCUT2D eigenvalue weighted by Gasteiger charge is -2.36. The molecule has 1 aliphatic rings. The molecule has 3 heterocycles. The summed E-state index contributed by atoms with van der Waals surface area (Å²) >= 11 is 0. The number of carbonyl (C=O) groups is 1. The van der Waals surface area contributed by atoms with Gasteiger partial charge in [-0.1, -0.05) is 18.7 Å². The highest BCUT2D eigenvalue weighted by molar-refractivity contribution is 5.99. The van der Waals surface area contributed by atoms with Crippen molar-refractivity contribution < 1.29 is 18.3 Å². The average Bonchev–Trinajstić information content (AvgIpc) is 3.38. The number of anilines is 4. The van der Waals surface area contributed by atoms with E-state index in [9.17, 15) is 4.79 Å². The first-order valence-electron chi connectivity index (χ1n) is 12.4. The van der Waals surface area contributed by atoms with Gasteiger partial charge in [-0.3, -0.25) is 9.69 Å². The average molecular weight is 535 g/mol. The molecule has 0 saturated carbocycles. The van der Waals surface area contributed by atoms with Crippen LogP contribution in [0.25, 0.3) is 16.9 Å². The van der Waals surface area contributed by atoms with Gasteiger partial charge in [0.1, 0.15) is 0 Å². The van der Waals surface area contributed by atoms with Gasteiger partial charge < -0.3 is 20.3 Å². The van der Waals surface area contributed by atoms with Crippen LogP contribution in [0.15, 0.2) is 61.4 Å². The number of methoxy groups -OCH3 is 1. The molecule has 1 aliphatic heterocycles. The van der Waals surface area contributed by atoms with Crippen LogP contribution in [0, 0.1) is 11.6 Å². The number of nitrogens with zero attached hydrogens (tertiary/aromatic N) is 6. The Balaban J connectivity index is 1.35. The SMILES string of the molecule is C=CC(=O)Nc1cccc(-c2cnc3cnc(Nc4ccc(N5CCN(CCOC)CC5)c(F)c4F)nn23)c1. The minimum absolute atomic E-state index is 0.0654. The molecule has 0 bridgehead atoms. The minimum atomic E-state index is -1.01. The molecule has 12 heteroatoms. The van der Waals surface area contributed by atoms with Crippen molar-refractivity contribution in [2.45, 2.75) is 0 Å². The fourth-order valence-electron chi connectivity index (χ4n) is 4.43. The predicted octanol–water partition coefficient (Wildman–Crippen LogP) is 3.71. The van der Waals surface area contributed by atoms with Crippen LogP contribution in [0.3, 0.4) is 0 Å². The van der Waals surface area contributed by atoms with Gasteiger partial charge in [0.2, 0.25) is 11.9 Å². The summed E-state index contributed by atoms with van der Waals surface area (Å²) in [5, 5.41) is 9.94. The number of nitrogens with one attached hydrogen (secondary N) is 2. The van der Waals surface area contributed by atoms with Gasteiger partial charge in [-0.2, -0.15) is 0 Å². The van der Waals surface area contributed by atoms with E-state index in [0.29, 0.717) is 36.7 Å². The van der Waals surface area contributed by atoms with E-state index >= 15 is 8.78 Å². The zero-order valence-corrected chi connectivity index (χ0v) is 21.4. The molecule has 1 fully saturated rings. The molecule has 0 radical (unpaired) electrons. The van der Waals surface area contributed by atoms with Gasteiger partial charge in [-0.05, 0) is 30.3 Å². The van der Waals surface area contributed by atoms with Crippen LogP contribution in [-0.4, -0.2) is 76.8 Å². The number of fused-ring (bicyclic) bond motifs is 1. The zero-order valence-electron chi connectivity index (χ0n) is 21.4. The number of hydrogen-bond acceptors (Lipinski definition) is 8. The van der Waals surface area contributed by atoms with E-state index in [1.165, 1.54) is 22.9 Å². The molecule has 0 aliphatic carbocycles. The van der Waals surface area contributed by atoms with E-state index in [0.717, 1.165) is 25.2 Å². The summed E-state index contributed by atoms with van der Waals surface area (Å²) in [5.41, 5.74) is 2.54. The third kappa shape index (κ3) is 5.71. The van der Waals surface area contributed by atoms with Gasteiger partial charge in [0.15, 0.2) is 17.3 Å². The van der Waals surface area contributed by atoms with Crippen LogP contribution in [0.5, 0.6) is 0 Å². The van der Waals surface area contributed by atoms with Crippen molar-refractivity contribution in [2.75, 3.05) is 62.0 Å². The standard InChI is InChI=1S/C27H28F2N8O2/c1-3-24(38)32-19-6-4-5-18(15-19)22-16-30-23-17-31-27(34-37(22)23)33-20-7-8-21(26(29)25(20)28)36-11-9-35(10-12-36)13-14-39-2/h3-8,15-17H,1,9-14H2,2H3,(H,32,38)(H,33,34). The van der Waals surface area contributed by atoms with Crippen molar-refractivity contribution >= 4 is 34.6 Å². The monoisotopic (exact) mass is 534 g/mol. The number of carbonyl (C=O) groups excluding carboxylic acids is 1. The molecule has 0 atom stereocenters. The number of piperazine rings is 1. The van der Waals surface area contributed by atoms with Gasteiger partial charge in [-0.25, -0.2) is 23.3 Å². The van der Waals surface area contributed by atoms with E-state index in [1.54, 1.807) is 37.6 Å². The summed E-state index contributed by atoms with van der Waals surface area (Å²) in [7, 11) is 1.66. The number of aromatic nitrogens is 4. The molecule has 5 rings (SSSR count). The van der Waals surface area contributed by atoms with Crippen LogP contribution in [0.4, 0.5) is 31.8 Å². The van der Waals surface area contributed by atoms with Crippen molar-refractivity contribution in [3.8, 4) is 11.3 Å². The Hall–Kier alpha value is -4.42. The molecule has 10 nitrogen and oxygen atoms in total. The second kappa shape index (κ2) is 11.5. The molecular formula is C27H28F2N8O2. The topological polar surface area (TPSA) is 99.9 Å². The molecule has 39 heavy (non-hydrogen) atoms. The number of hydrogen-bond donors (Lipinski definition) is 2. The summed E-state index contributed by atoms with van der Waals surface area (Å²) in [6.07, 6.45) is 4.28. The molecular weight excluding hydrogens is 506 g/mol. The van der Waals surface area contributed by atoms with Crippen LogP contribution in [0.2, 0.25) is 0 Å². The first-order valence-corrected chi connectivity index (χ1v) is 12.4. The van der Waals surface area contributed by atoms with E-state index in [1.807, 2.05) is 11.0 Å². The number of amides is 1. The Morgan fingerprint density at radius 2 is 1.92 bits per heavy atom. The van der Waals surface area contributed by atoms with Crippen LogP contribution in [0.1, 0.15) is 0 Å². The zero-order chi connectivity index (χ0) is 27.4. The summed E-state index contributed by atoms with van der Waals surface area (Å²) in [6.45, 7) is 7.58. The van der Waals surface area contributed by atoms with Crippen molar-refractivity contribution in [3.63, 3.8) is 0 Å². The summed E-state index contributed by atoms with van der Waals surface area (Å²) < 4.78 is 36.9. The first kappa shape index (κ1) is 26.2. The Morgan fingerprint density at radius 1 is 1.10 bits per heavy atom. The van der Waals surface area contributed by atoms with E-state index < -0.39 is 11.6 Å². The van der Waals surface area contributed by atoms with Crippen LogP contribution < -0.4 is 15.5 Å². The summed E-state index contributed by atoms with van der Waals surface area (Å²) in [5.74, 6) is -2.19. The van der Waals surface area contributed by atoms with Gasteiger partial charge in [-0.15, -0.1) is 5.10 Å². The molecule has 202 valence electrons. The third-order valence-electron chi connectivity index (χ3n) is 6.51. The molecule has 0 spiro atoms. The highest BCUT2D eigenvalue weighted by Crippen LogP contribution is 2.29. The molecule has 0 unspecified atom stereocenters. The first-order chi connectivity index (χ1) is 19.0. The number of halogens is 2. The van der Waals surface area contributed by atoms with Crippen molar-refractivity contribution in [3.05, 3.63) is 73.1 Å². The lowest BCUT2D eigenvalue weighted by atomic mass is 10.1. The third-order valence-corrected chi connectivity index (χ3v) is 6.51. The minimum Gasteiger partial charge on any atom is -0.383 e. The largest absolute Gasteiger partial charge is 0.383 e. The van der Waals surface area contributed by atoms with Crippen molar-refractivity contribution in [2.24, 2.45) is 0 Å². The predicted molar refractivity (Wildman–Crippen MR) is 145 cm³/mol. The van der Waals surface area contributed by atoms with E-state index in [-0.39, 0.29) is 23.2 Å². The fraction of sp³-hybridized carbons (Fsp3) is 0.259. The van der Waals surface area contributed by atoms with Gasteiger partial charge in [0, 0.05) is 51.1 Å². The number of imidazole rings is 1. The van der Waals surface area contributed by atoms with E-state index in [2.05, 4.69) is 37.2 Å². The molecule has 2 aromatic carbocycles. The quantitative estimate of drug-likeness (QED) is 0.314. The molecule has 1 saturated heterocycles. The summed E-state index contributed by atoms with van der Waals surface area (Å²) in [6, 6.07) is 10.2. The van der Waals surface area contributed by atoms with Crippen molar-refractivity contribution in [1.29, 1.82) is 0 Å². The molecule has 2 N–H and O–H groups in total. The Labute approximate surface area is 223 Å². The number of ether oxygens (including phenoxy) is 1. The van der Waals surface area contributed by atoms with Crippen LogP contribution >= 0.6 is 0 Å². The summed E-state index contributed by atoms with van der Waals surface area (Å²) in [4.78, 5) is 24.3. The van der Waals surface area contributed by atoms with Crippen LogP contribution in [-0.2, 0) is 9.53 Å². The maximum absolute atomic E-state index is 15.1. The fourth-order valence-corrected chi connectivity index (χ4v) is 4.43. The van der Waals surface area contributed by atoms with Gasteiger partial charge >= 0.3 is 0 Å². The highest BCUT2D eigenvalue weighted by Gasteiger charge is 2.23. The van der Waals surface area contributed by atoms with Gasteiger partial charge in [0.25, 0.3) is 0 Å². The lowest BCUT2D eigenvalue weighted by molar-refractivity contribution is -0.111. The normalized spacial score (nSPS) is 14.0. The lowest BCUT2D eigenvalue weighted by Crippen LogP contribution is -2.47. The Kier molecular flexibility index (Phi) is 7.75. The second-order valence-corrected chi connectivity index (χ2v) is 8.98. The van der Waals surface area contributed by atoms with E-state index in [4.69, 9.17) is 4.74 Å². The van der Waals surface area contributed by atoms with Crippen molar-refractivity contribution in [1.82, 2.24) is 24.5 Å². The molecule has 1 amide bonds. The molecule has 2 aromatic heterocycles. The molecule has 4 aromatic rings. The smallest absolute Gasteiger partial charge is 0.247 e. The Morgan fingerprint density at radius 3 is 2.69 bits per heavy atom. The number of benzene rings is 2.